The van der Waals surface area contributed by atoms with E-state index in [1.807, 2.05) is 13.2 Å². The average molecular weight is 278 g/mol. The van der Waals surface area contributed by atoms with Crippen molar-refractivity contribution in [2.75, 3.05) is 13.7 Å². The summed E-state index contributed by atoms with van der Waals surface area (Å²) in [5.41, 5.74) is 6.31. The van der Waals surface area contributed by atoms with Crippen LogP contribution in [0.1, 0.15) is 44.3 Å². The number of nitrogens with zero attached hydrogens (tertiary/aromatic N) is 1. The van der Waals surface area contributed by atoms with Gasteiger partial charge < -0.3 is 14.9 Å². The first kappa shape index (κ1) is 14.1. The molecule has 2 aliphatic rings. The van der Waals surface area contributed by atoms with Crippen LogP contribution in [0.3, 0.4) is 0 Å². The molecule has 0 aliphatic heterocycles. The molecule has 4 nitrogen and oxygen atoms in total. The second-order valence-electron chi connectivity index (χ2n) is 6.32. The third kappa shape index (κ3) is 2.78. The van der Waals surface area contributed by atoms with Crippen molar-refractivity contribution in [3.63, 3.8) is 0 Å². The molecule has 2 saturated carbocycles. The number of methoxy groups -OCH3 is 1. The molecule has 2 fully saturated rings. The highest BCUT2D eigenvalue weighted by Crippen LogP contribution is 2.42. The van der Waals surface area contributed by atoms with Crippen LogP contribution in [0.25, 0.3) is 0 Å². The molecule has 20 heavy (non-hydrogen) atoms. The van der Waals surface area contributed by atoms with E-state index in [0.717, 1.165) is 25.1 Å². The number of hydrogen-bond acceptors (Lipinski definition) is 4. The maximum Gasteiger partial charge on any atom is 0.117 e. The van der Waals surface area contributed by atoms with Gasteiger partial charge >= 0.3 is 0 Å². The van der Waals surface area contributed by atoms with E-state index in [1.54, 1.807) is 6.26 Å². The Morgan fingerprint density at radius 1 is 1.45 bits per heavy atom. The van der Waals surface area contributed by atoms with Gasteiger partial charge in [0.25, 0.3) is 0 Å². The molecule has 4 heteroatoms. The first-order valence-electron chi connectivity index (χ1n) is 7.79. The maximum atomic E-state index is 6.22. The first-order valence-corrected chi connectivity index (χ1v) is 7.79. The van der Waals surface area contributed by atoms with Crippen LogP contribution < -0.4 is 5.73 Å². The lowest BCUT2D eigenvalue weighted by Crippen LogP contribution is -2.57. The monoisotopic (exact) mass is 278 g/mol. The van der Waals surface area contributed by atoms with E-state index < -0.39 is 0 Å². The fourth-order valence-electron chi connectivity index (χ4n) is 3.69. The molecule has 0 amide bonds. The summed E-state index contributed by atoms with van der Waals surface area (Å²) in [5.74, 6) is 1.05. The standard InChI is InChI=1S/C16H26N2O2/c1-19-14-4-2-8-16(10-14,12-17)18(13-6-7-13)11-15-5-3-9-20-15/h3,5,9,13-14H,2,4,6-8,10-12,17H2,1H3. The largest absolute Gasteiger partial charge is 0.468 e. The predicted molar refractivity (Wildman–Crippen MR) is 78.3 cm³/mol. The summed E-state index contributed by atoms with van der Waals surface area (Å²) in [6.45, 7) is 1.59. The van der Waals surface area contributed by atoms with Crippen LogP contribution in [0.15, 0.2) is 22.8 Å². The van der Waals surface area contributed by atoms with Gasteiger partial charge in [-0.3, -0.25) is 4.90 Å². The Bertz CT molecular complexity index is 416. The maximum absolute atomic E-state index is 6.22. The van der Waals surface area contributed by atoms with Crippen molar-refractivity contribution < 1.29 is 9.15 Å². The summed E-state index contributed by atoms with van der Waals surface area (Å²) >= 11 is 0. The number of nitrogens with two attached hydrogens (primary N) is 1. The van der Waals surface area contributed by atoms with E-state index in [1.165, 1.54) is 25.7 Å². The van der Waals surface area contributed by atoms with Crippen LogP contribution in [-0.2, 0) is 11.3 Å². The van der Waals surface area contributed by atoms with Gasteiger partial charge in [0.2, 0.25) is 0 Å². The molecule has 3 rings (SSSR count). The van der Waals surface area contributed by atoms with Gasteiger partial charge in [-0.05, 0) is 50.7 Å². The van der Waals surface area contributed by atoms with Gasteiger partial charge in [-0.2, -0.15) is 0 Å². The zero-order valence-electron chi connectivity index (χ0n) is 12.4. The predicted octanol–water partition coefficient (Wildman–Crippen LogP) is 2.53. The highest BCUT2D eigenvalue weighted by atomic mass is 16.5. The van der Waals surface area contributed by atoms with Crippen LogP contribution >= 0.6 is 0 Å². The lowest BCUT2D eigenvalue weighted by Gasteiger charge is -2.48. The molecule has 0 aromatic carbocycles. The van der Waals surface area contributed by atoms with Gasteiger partial charge in [0.1, 0.15) is 5.76 Å². The van der Waals surface area contributed by atoms with Crippen LogP contribution in [0.4, 0.5) is 0 Å². The lowest BCUT2D eigenvalue weighted by atomic mass is 9.78. The van der Waals surface area contributed by atoms with E-state index in [9.17, 15) is 0 Å². The molecule has 0 radical (unpaired) electrons. The van der Waals surface area contributed by atoms with Gasteiger partial charge in [-0.1, -0.05) is 0 Å². The minimum absolute atomic E-state index is 0.0902. The summed E-state index contributed by atoms with van der Waals surface area (Å²) in [6.07, 6.45) is 9.30. The molecule has 2 atom stereocenters. The SMILES string of the molecule is COC1CCCC(CN)(N(Cc2ccco2)C2CC2)C1. The molecule has 0 bridgehead atoms. The van der Waals surface area contributed by atoms with Crippen molar-refractivity contribution in [2.24, 2.45) is 5.73 Å². The number of ether oxygens (including phenoxy) is 1. The molecule has 2 N–H and O–H groups in total. The first-order chi connectivity index (χ1) is 9.77. The molecule has 1 aromatic heterocycles. The van der Waals surface area contributed by atoms with Crippen molar-refractivity contribution >= 4 is 0 Å². The molecule has 0 spiro atoms. The number of hydrogen-bond donors (Lipinski definition) is 1. The molecule has 0 saturated heterocycles. The van der Waals surface area contributed by atoms with E-state index in [2.05, 4.69) is 11.0 Å². The van der Waals surface area contributed by atoms with Crippen LogP contribution in [0.5, 0.6) is 0 Å². The Kier molecular flexibility index (Phi) is 4.15. The Morgan fingerprint density at radius 2 is 2.30 bits per heavy atom. The summed E-state index contributed by atoms with van der Waals surface area (Å²) in [4.78, 5) is 2.61. The quantitative estimate of drug-likeness (QED) is 0.869. The Balaban J connectivity index is 1.79. The minimum atomic E-state index is 0.0902. The summed E-state index contributed by atoms with van der Waals surface area (Å²) in [6, 6.07) is 4.71. The molecular formula is C16H26N2O2. The molecule has 2 aliphatic carbocycles. The fraction of sp³-hybridized carbons (Fsp3) is 0.750. The molecule has 112 valence electrons. The van der Waals surface area contributed by atoms with Crippen molar-refractivity contribution in [1.29, 1.82) is 0 Å². The number of rotatable bonds is 6. The van der Waals surface area contributed by atoms with Crippen molar-refractivity contribution in [1.82, 2.24) is 4.90 Å². The third-order valence-corrected chi connectivity index (χ3v) is 4.99. The van der Waals surface area contributed by atoms with Gasteiger partial charge in [-0.15, -0.1) is 0 Å². The highest BCUT2D eigenvalue weighted by molar-refractivity contribution is 5.06. The van der Waals surface area contributed by atoms with Crippen LogP contribution in [-0.4, -0.2) is 36.2 Å². The zero-order valence-corrected chi connectivity index (χ0v) is 12.4. The second kappa shape index (κ2) is 5.88. The van der Waals surface area contributed by atoms with E-state index >= 15 is 0 Å². The summed E-state index contributed by atoms with van der Waals surface area (Å²) < 4.78 is 11.2. The fourth-order valence-corrected chi connectivity index (χ4v) is 3.69. The van der Waals surface area contributed by atoms with Crippen molar-refractivity contribution in [3.8, 4) is 0 Å². The van der Waals surface area contributed by atoms with Gasteiger partial charge in [0.05, 0.1) is 18.9 Å². The zero-order chi connectivity index (χ0) is 14.0. The Morgan fingerprint density at radius 3 is 2.90 bits per heavy atom. The molecule has 1 aromatic rings. The average Bonchev–Trinajstić information content (AvgIpc) is 3.20. The molecular weight excluding hydrogens is 252 g/mol. The highest BCUT2D eigenvalue weighted by Gasteiger charge is 2.46. The molecule has 1 heterocycles. The van der Waals surface area contributed by atoms with E-state index in [4.69, 9.17) is 14.9 Å². The van der Waals surface area contributed by atoms with Crippen molar-refractivity contribution in [2.45, 2.75) is 62.8 Å². The second-order valence-corrected chi connectivity index (χ2v) is 6.32. The third-order valence-electron chi connectivity index (χ3n) is 4.99. The van der Waals surface area contributed by atoms with Crippen LogP contribution in [0, 0.1) is 0 Å². The minimum Gasteiger partial charge on any atom is -0.468 e. The topological polar surface area (TPSA) is 51.6 Å². The molecule has 2 unspecified atom stereocenters. The van der Waals surface area contributed by atoms with Gasteiger partial charge in [0, 0.05) is 25.2 Å². The van der Waals surface area contributed by atoms with E-state index in [-0.39, 0.29) is 5.54 Å². The van der Waals surface area contributed by atoms with Gasteiger partial charge in [0.15, 0.2) is 0 Å². The number of furan rings is 1. The normalized spacial score (nSPS) is 30.9. The van der Waals surface area contributed by atoms with Crippen molar-refractivity contribution in [3.05, 3.63) is 24.2 Å². The Labute approximate surface area is 121 Å². The van der Waals surface area contributed by atoms with Crippen LogP contribution in [0.2, 0.25) is 0 Å². The van der Waals surface area contributed by atoms with Gasteiger partial charge in [-0.25, -0.2) is 0 Å². The Hall–Kier alpha value is -0.840. The summed E-state index contributed by atoms with van der Waals surface area (Å²) in [5, 5.41) is 0. The lowest BCUT2D eigenvalue weighted by molar-refractivity contribution is -0.0321. The smallest absolute Gasteiger partial charge is 0.117 e. The summed E-state index contributed by atoms with van der Waals surface area (Å²) in [7, 11) is 1.82. The van der Waals surface area contributed by atoms with E-state index in [0.29, 0.717) is 18.7 Å².